The summed E-state index contributed by atoms with van der Waals surface area (Å²) in [4.78, 5) is 16.5. The molecule has 21 heavy (non-hydrogen) atoms. The fourth-order valence-electron chi connectivity index (χ4n) is 3.56. The van der Waals surface area contributed by atoms with Gasteiger partial charge in [0, 0.05) is 11.1 Å². The number of carboxylic acids is 1. The number of pyridine rings is 1. The van der Waals surface area contributed by atoms with Crippen LogP contribution in [0.25, 0.3) is 10.9 Å². The Balaban J connectivity index is 2.45. The molecule has 1 aromatic heterocycles. The summed E-state index contributed by atoms with van der Waals surface area (Å²) in [5.74, 6) is -0.763. The molecule has 0 aliphatic heterocycles. The number of hydrogen-bond acceptors (Lipinski definition) is 2. The van der Waals surface area contributed by atoms with Gasteiger partial charge in [-0.3, -0.25) is 4.98 Å². The Hall–Kier alpha value is -1.97. The Labute approximate surface area is 122 Å². The second-order valence-corrected chi connectivity index (χ2v) is 6.22. The summed E-state index contributed by atoms with van der Waals surface area (Å²) in [5, 5.41) is 10.1. The van der Waals surface area contributed by atoms with Gasteiger partial charge in [0.1, 0.15) is 5.82 Å². The van der Waals surface area contributed by atoms with E-state index in [0.717, 1.165) is 17.7 Å². The molecule has 0 fully saturated rings. The van der Waals surface area contributed by atoms with Crippen LogP contribution in [0, 0.1) is 18.7 Å². The van der Waals surface area contributed by atoms with E-state index in [4.69, 9.17) is 0 Å². The molecule has 110 valence electrons. The van der Waals surface area contributed by atoms with Crippen LogP contribution in [-0.2, 0) is 6.42 Å². The van der Waals surface area contributed by atoms with Crippen molar-refractivity contribution in [2.75, 3.05) is 0 Å². The van der Waals surface area contributed by atoms with Gasteiger partial charge in [0.05, 0.1) is 11.1 Å². The number of rotatable bonds is 1. The molecule has 0 amide bonds. The maximum absolute atomic E-state index is 13.7. The molecule has 0 bridgehead atoms. The Bertz CT molecular complexity index is 754. The zero-order valence-electron chi connectivity index (χ0n) is 12.4. The van der Waals surface area contributed by atoms with E-state index in [1.807, 2.05) is 0 Å². The monoisotopic (exact) mass is 287 g/mol. The third kappa shape index (κ3) is 2.19. The van der Waals surface area contributed by atoms with Crippen LogP contribution in [0.4, 0.5) is 4.39 Å². The number of hydrogen-bond donors (Lipinski definition) is 1. The number of carboxylic acid groups (broad SMARTS) is 1. The lowest BCUT2D eigenvalue weighted by Crippen LogP contribution is -2.20. The molecule has 1 N–H and O–H groups in total. The molecule has 1 aliphatic rings. The number of aromatic carboxylic acids is 1. The molecule has 0 saturated carbocycles. The highest BCUT2D eigenvalue weighted by Crippen LogP contribution is 2.38. The number of aryl methyl sites for hydroxylation is 1. The van der Waals surface area contributed by atoms with Gasteiger partial charge >= 0.3 is 5.97 Å². The van der Waals surface area contributed by atoms with E-state index in [1.54, 1.807) is 6.92 Å². The first kappa shape index (κ1) is 14.0. The third-order valence-corrected chi connectivity index (χ3v) is 4.37. The molecule has 1 heterocycles. The highest BCUT2D eigenvalue weighted by atomic mass is 19.1. The highest BCUT2D eigenvalue weighted by molar-refractivity contribution is 6.05. The van der Waals surface area contributed by atoms with Gasteiger partial charge in [0.25, 0.3) is 0 Å². The first-order valence-electron chi connectivity index (χ1n) is 7.24. The van der Waals surface area contributed by atoms with Crippen molar-refractivity contribution >= 4 is 16.9 Å². The fourth-order valence-corrected chi connectivity index (χ4v) is 3.56. The summed E-state index contributed by atoms with van der Waals surface area (Å²) in [5.41, 5.74) is 3.17. The molecular weight excluding hydrogens is 269 g/mol. The summed E-state index contributed by atoms with van der Waals surface area (Å²) < 4.78 is 13.7. The summed E-state index contributed by atoms with van der Waals surface area (Å²) in [6, 6.07) is 2.70. The van der Waals surface area contributed by atoms with Crippen LogP contribution >= 0.6 is 0 Å². The van der Waals surface area contributed by atoms with E-state index in [2.05, 4.69) is 18.8 Å². The summed E-state index contributed by atoms with van der Waals surface area (Å²) in [6.07, 6.45) is 1.70. The summed E-state index contributed by atoms with van der Waals surface area (Å²) >= 11 is 0. The topological polar surface area (TPSA) is 50.2 Å². The van der Waals surface area contributed by atoms with E-state index >= 15 is 0 Å². The Morgan fingerprint density at radius 1 is 1.38 bits per heavy atom. The van der Waals surface area contributed by atoms with E-state index in [-0.39, 0.29) is 11.5 Å². The first-order valence-corrected chi connectivity index (χ1v) is 7.24. The van der Waals surface area contributed by atoms with Gasteiger partial charge in [-0.2, -0.15) is 0 Å². The number of aromatic nitrogens is 1. The standard InChI is InChI=1S/C17H18FNO2/c1-8-4-9(2)15-12(5-8)14(17(20)21)13-7-11(18)6-10(3)16(13)19-15/h6-9H,4-5H2,1-3H3,(H,20,21). The van der Waals surface area contributed by atoms with Gasteiger partial charge in [-0.05, 0) is 54.9 Å². The largest absolute Gasteiger partial charge is 0.478 e. The fraction of sp³-hybridized carbons (Fsp3) is 0.412. The number of fused-ring (bicyclic) bond motifs is 2. The molecule has 1 aliphatic carbocycles. The average Bonchev–Trinajstić information content (AvgIpc) is 2.35. The lowest BCUT2D eigenvalue weighted by molar-refractivity contribution is 0.0697. The zero-order chi connectivity index (χ0) is 15.3. The molecule has 2 aromatic rings. The van der Waals surface area contributed by atoms with Crippen LogP contribution in [0.1, 0.15) is 53.4 Å². The van der Waals surface area contributed by atoms with Crippen molar-refractivity contribution in [2.24, 2.45) is 5.92 Å². The molecule has 4 heteroatoms. The SMILES string of the molecule is Cc1cc(F)cc2c(C(=O)O)c3c(nc12)C(C)CC(C)C3. The molecule has 2 atom stereocenters. The van der Waals surface area contributed by atoms with Gasteiger partial charge in [-0.25, -0.2) is 9.18 Å². The first-order chi connectivity index (χ1) is 9.88. The number of nitrogens with zero attached hydrogens (tertiary/aromatic N) is 1. The van der Waals surface area contributed by atoms with E-state index in [1.165, 1.54) is 12.1 Å². The van der Waals surface area contributed by atoms with Gasteiger partial charge in [-0.1, -0.05) is 13.8 Å². The van der Waals surface area contributed by atoms with Crippen molar-refractivity contribution in [2.45, 2.75) is 39.5 Å². The molecule has 0 saturated heterocycles. The van der Waals surface area contributed by atoms with E-state index in [9.17, 15) is 14.3 Å². The van der Waals surface area contributed by atoms with Crippen molar-refractivity contribution in [1.82, 2.24) is 4.98 Å². The molecule has 0 radical (unpaired) electrons. The number of carbonyl (C=O) groups is 1. The molecular formula is C17H18FNO2. The smallest absolute Gasteiger partial charge is 0.336 e. The minimum atomic E-state index is -0.995. The lowest BCUT2D eigenvalue weighted by Gasteiger charge is -2.28. The van der Waals surface area contributed by atoms with Crippen molar-refractivity contribution in [1.29, 1.82) is 0 Å². The van der Waals surface area contributed by atoms with Crippen LogP contribution < -0.4 is 0 Å². The van der Waals surface area contributed by atoms with Crippen LogP contribution in [0.2, 0.25) is 0 Å². The second-order valence-electron chi connectivity index (χ2n) is 6.22. The Kier molecular flexibility index (Phi) is 3.19. The van der Waals surface area contributed by atoms with Gasteiger partial charge in [0.15, 0.2) is 0 Å². The van der Waals surface area contributed by atoms with E-state index in [0.29, 0.717) is 28.8 Å². The molecule has 2 unspecified atom stereocenters. The highest BCUT2D eigenvalue weighted by Gasteiger charge is 2.29. The van der Waals surface area contributed by atoms with Gasteiger partial charge in [0.2, 0.25) is 0 Å². The molecule has 3 nitrogen and oxygen atoms in total. The summed E-state index contributed by atoms with van der Waals surface area (Å²) in [7, 11) is 0. The van der Waals surface area contributed by atoms with Gasteiger partial charge < -0.3 is 5.11 Å². The molecule has 1 aromatic carbocycles. The minimum Gasteiger partial charge on any atom is -0.478 e. The normalized spacial score (nSPS) is 21.3. The molecule has 0 spiro atoms. The average molecular weight is 287 g/mol. The quantitative estimate of drug-likeness (QED) is 0.860. The van der Waals surface area contributed by atoms with Crippen LogP contribution in [0.3, 0.4) is 0 Å². The number of benzene rings is 1. The Morgan fingerprint density at radius 2 is 2.10 bits per heavy atom. The number of halogens is 1. The maximum Gasteiger partial charge on any atom is 0.336 e. The summed E-state index contributed by atoms with van der Waals surface area (Å²) in [6.45, 7) is 5.97. The van der Waals surface area contributed by atoms with Crippen molar-refractivity contribution in [3.8, 4) is 0 Å². The maximum atomic E-state index is 13.7. The van der Waals surface area contributed by atoms with Crippen molar-refractivity contribution in [3.05, 3.63) is 40.3 Å². The lowest BCUT2D eigenvalue weighted by atomic mass is 9.78. The van der Waals surface area contributed by atoms with Crippen molar-refractivity contribution < 1.29 is 14.3 Å². The predicted octanol–water partition coefficient (Wildman–Crippen LogP) is 4.07. The van der Waals surface area contributed by atoms with Crippen LogP contribution in [0.5, 0.6) is 0 Å². The molecule has 3 rings (SSSR count). The van der Waals surface area contributed by atoms with E-state index < -0.39 is 11.8 Å². The second kappa shape index (κ2) is 4.79. The van der Waals surface area contributed by atoms with Crippen LogP contribution in [-0.4, -0.2) is 16.1 Å². The van der Waals surface area contributed by atoms with Crippen LogP contribution in [0.15, 0.2) is 12.1 Å². The predicted molar refractivity (Wildman–Crippen MR) is 79.3 cm³/mol. The van der Waals surface area contributed by atoms with Gasteiger partial charge in [-0.15, -0.1) is 0 Å². The minimum absolute atomic E-state index is 0.232. The van der Waals surface area contributed by atoms with Crippen molar-refractivity contribution in [3.63, 3.8) is 0 Å². The zero-order valence-corrected chi connectivity index (χ0v) is 12.4. The third-order valence-electron chi connectivity index (χ3n) is 4.37. The Morgan fingerprint density at radius 3 is 2.76 bits per heavy atom.